The lowest BCUT2D eigenvalue weighted by molar-refractivity contribution is -0.146. The van der Waals surface area contributed by atoms with Gasteiger partial charge in [0.25, 0.3) is 0 Å². The van der Waals surface area contributed by atoms with Crippen molar-refractivity contribution in [2.45, 2.75) is 57.1 Å². The van der Waals surface area contributed by atoms with E-state index >= 15 is 0 Å². The van der Waals surface area contributed by atoms with Gasteiger partial charge in [-0.25, -0.2) is 0 Å². The number of aliphatic hydroxyl groups is 2. The minimum atomic E-state index is -4.33. The molecule has 0 saturated heterocycles. The highest BCUT2D eigenvalue weighted by molar-refractivity contribution is 5.97. The van der Waals surface area contributed by atoms with Gasteiger partial charge in [0.1, 0.15) is 24.2 Å². The Balaban J connectivity index is 0.000000409. The first-order chi connectivity index (χ1) is 19.1. The van der Waals surface area contributed by atoms with Crippen LogP contribution < -0.4 is 10.1 Å². The molecule has 41 heavy (non-hydrogen) atoms. The van der Waals surface area contributed by atoms with E-state index in [-0.39, 0.29) is 30.8 Å². The maximum absolute atomic E-state index is 12.6. The van der Waals surface area contributed by atoms with Crippen molar-refractivity contribution in [1.82, 2.24) is 5.32 Å². The first-order valence-corrected chi connectivity index (χ1v) is 13.3. The van der Waals surface area contributed by atoms with E-state index in [0.717, 1.165) is 43.5 Å². The van der Waals surface area contributed by atoms with E-state index in [9.17, 15) is 33.0 Å². The van der Waals surface area contributed by atoms with Crippen LogP contribution in [0.25, 0.3) is 0 Å². The van der Waals surface area contributed by atoms with Crippen molar-refractivity contribution in [2.24, 2.45) is 11.8 Å². The van der Waals surface area contributed by atoms with Gasteiger partial charge in [-0.2, -0.15) is 13.2 Å². The van der Waals surface area contributed by atoms with Crippen molar-refractivity contribution in [1.29, 1.82) is 0 Å². The fourth-order valence-electron chi connectivity index (χ4n) is 4.19. The molecule has 0 spiro atoms. The molecule has 1 aliphatic carbocycles. The van der Waals surface area contributed by atoms with Gasteiger partial charge in [0, 0.05) is 6.42 Å². The zero-order chi connectivity index (χ0) is 29.5. The summed E-state index contributed by atoms with van der Waals surface area (Å²) in [6.45, 7) is 2.83. The second kappa shape index (κ2) is 18.5. The Morgan fingerprint density at radius 2 is 1.73 bits per heavy atom. The van der Waals surface area contributed by atoms with Crippen LogP contribution in [0.1, 0.15) is 49.8 Å². The average Bonchev–Trinajstić information content (AvgIpc) is 2.94. The minimum absolute atomic E-state index is 0. The monoisotopic (exact) mass is 597 g/mol. The Bertz CT molecular complexity index is 1090. The third-order valence-electron chi connectivity index (χ3n) is 6.45. The summed E-state index contributed by atoms with van der Waals surface area (Å²) in [5.74, 6) is -1.34. The molecule has 226 valence electrons. The Hall–Kier alpha value is -2.98. The number of halogens is 4. The van der Waals surface area contributed by atoms with E-state index in [2.05, 4.69) is 12.2 Å². The number of benzene rings is 2. The van der Waals surface area contributed by atoms with Crippen molar-refractivity contribution < 1.29 is 37.7 Å². The number of hydrogen-bond acceptors (Lipinski definition) is 6. The molecular weight excluding hydrogens is 559 g/mol. The second-order valence-corrected chi connectivity index (χ2v) is 9.51. The summed E-state index contributed by atoms with van der Waals surface area (Å²) in [6, 6.07) is 14.4. The van der Waals surface area contributed by atoms with Gasteiger partial charge in [0.2, 0.25) is 0 Å². The molecule has 0 radical (unpaired) electrons. The van der Waals surface area contributed by atoms with Crippen LogP contribution in [0.5, 0.6) is 5.75 Å². The van der Waals surface area contributed by atoms with Gasteiger partial charge in [-0.15, -0.1) is 12.4 Å². The summed E-state index contributed by atoms with van der Waals surface area (Å²) in [5.41, 5.74) is 0.323. The van der Waals surface area contributed by atoms with E-state index in [0.29, 0.717) is 12.0 Å². The predicted octanol–water partition coefficient (Wildman–Crippen LogP) is 5.88. The van der Waals surface area contributed by atoms with Crippen molar-refractivity contribution in [3.05, 3.63) is 90.0 Å². The topological polar surface area (TPSA) is 95.9 Å². The molecule has 0 aliphatic heterocycles. The van der Waals surface area contributed by atoms with Crippen molar-refractivity contribution in [2.75, 3.05) is 13.6 Å². The van der Waals surface area contributed by atoms with E-state index in [1.54, 1.807) is 12.2 Å². The predicted molar refractivity (Wildman–Crippen MR) is 155 cm³/mol. The fourth-order valence-corrected chi connectivity index (χ4v) is 4.19. The van der Waals surface area contributed by atoms with Crippen LogP contribution in [0.15, 0.2) is 78.9 Å². The molecule has 0 aromatic heterocycles. The summed E-state index contributed by atoms with van der Waals surface area (Å²) in [5, 5.41) is 22.0. The Kier molecular flexibility index (Phi) is 16.2. The lowest BCUT2D eigenvalue weighted by Gasteiger charge is -2.31. The van der Waals surface area contributed by atoms with E-state index in [1.807, 2.05) is 49.5 Å². The molecule has 5 atom stereocenters. The fraction of sp³-hybridized carbons (Fsp3) is 0.419. The third kappa shape index (κ3) is 11.8. The first kappa shape index (κ1) is 36.0. The van der Waals surface area contributed by atoms with Crippen LogP contribution in [0.3, 0.4) is 0 Å². The molecule has 2 aromatic rings. The van der Waals surface area contributed by atoms with Crippen LogP contribution in [-0.4, -0.2) is 48.1 Å². The minimum Gasteiger partial charge on any atom is -0.486 e. The normalized spacial score (nSPS) is 21.6. The lowest BCUT2D eigenvalue weighted by Crippen LogP contribution is -2.47. The number of carbonyl (C=O) groups is 2. The summed E-state index contributed by atoms with van der Waals surface area (Å²) in [6.07, 6.45) is 3.92. The largest absolute Gasteiger partial charge is 0.486 e. The first-order valence-electron chi connectivity index (χ1n) is 13.3. The number of Topliss-reactive ketones (excluding diaryl/α,β-unsaturated/α-hetero) is 1. The number of ketones is 1. The number of nitrogens with one attached hydrogen (secondary N) is 1. The number of carbonyl (C=O) groups excluding carboxylic acids is 2. The maximum Gasteiger partial charge on any atom is 0.416 e. The highest BCUT2D eigenvalue weighted by atomic mass is 35.5. The highest BCUT2D eigenvalue weighted by Gasteiger charge is 2.41. The smallest absolute Gasteiger partial charge is 0.416 e. The Labute approximate surface area is 245 Å². The lowest BCUT2D eigenvalue weighted by atomic mass is 9.76. The zero-order valence-electron chi connectivity index (χ0n) is 23.2. The van der Waals surface area contributed by atoms with Gasteiger partial charge in [0.15, 0.2) is 5.78 Å². The van der Waals surface area contributed by atoms with Crippen LogP contribution in [-0.2, 0) is 15.8 Å². The number of unbranched alkanes of at least 4 members (excludes halogenated alkanes) is 1. The molecule has 3 N–H and O–H groups in total. The summed E-state index contributed by atoms with van der Waals surface area (Å²) < 4.78 is 43.6. The molecule has 1 fully saturated rings. The quantitative estimate of drug-likeness (QED) is 0.170. The average molecular weight is 598 g/mol. The van der Waals surface area contributed by atoms with Gasteiger partial charge in [-0.1, -0.05) is 68.0 Å². The molecule has 10 heteroatoms. The molecule has 0 heterocycles. The SMILES string of the molecule is CCCC=CC=CC1CC(O)C(O)C(=O)C1C=O.CNCCC(Oc1ccc(C(F)(F)F)cc1)c1ccccc1.Cl. The van der Waals surface area contributed by atoms with Crippen molar-refractivity contribution in [3.8, 4) is 5.75 Å². The molecular formula is C31H39ClF3NO5. The number of aldehydes is 1. The summed E-state index contributed by atoms with van der Waals surface area (Å²) >= 11 is 0. The van der Waals surface area contributed by atoms with Gasteiger partial charge >= 0.3 is 6.18 Å². The molecule has 5 unspecified atom stereocenters. The second-order valence-electron chi connectivity index (χ2n) is 9.51. The number of alkyl halides is 3. The van der Waals surface area contributed by atoms with Gasteiger partial charge < -0.3 is 25.1 Å². The van der Waals surface area contributed by atoms with Crippen LogP contribution in [0.4, 0.5) is 13.2 Å². The molecule has 0 bridgehead atoms. The van der Waals surface area contributed by atoms with Gasteiger partial charge in [0.05, 0.1) is 17.6 Å². The van der Waals surface area contributed by atoms with Crippen molar-refractivity contribution in [3.63, 3.8) is 0 Å². The molecule has 1 aliphatic rings. The number of aliphatic hydroxyl groups excluding tert-OH is 2. The molecule has 1 saturated carbocycles. The standard InChI is InChI=1S/C17H18F3NO.C14H20O4.ClH/c1-21-12-11-16(13-5-3-2-4-6-13)22-15-9-7-14(8-10-15)17(18,19)20;1-2-3-4-5-6-7-10-8-12(16)14(18)13(17)11(10)9-15;/h2-10,16,21H,11-12H2,1H3;4-7,9-12,14,16,18H,2-3,8H2,1H3;1H. The number of hydrogen-bond donors (Lipinski definition) is 3. The van der Waals surface area contributed by atoms with E-state index in [1.165, 1.54) is 12.1 Å². The number of rotatable bonds is 11. The summed E-state index contributed by atoms with van der Waals surface area (Å²) in [7, 11) is 1.85. The van der Waals surface area contributed by atoms with E-state index < -0.39 is 35.6 Å². The van der Waals surface area contributed by atoms with Crippen LogP contribution in [0, 0.1) is 11.8 Å². The van der Waals surface area contributed by atoms with Gasteiger partial charge in [-0.05, 0) is 62.2 Å². The third-order valence-corrected chi connectivity index (χ3v) is 6.45. The van der Waals surface area contributed by atoms with Crippen LogP contribution >= 0.6 is 12.4 Å². The number of ether oxygens (including phenoxy) is 1. The van der Waals surface area contributed by atoms with Crippen LogP contribution in [0.2, 0.25) is 0 Å². The molecule has 3 rings (SSSR count). The van der Waals surface area contributed by atoms with Gasteiger partial charge in [-0.3, -0.25) is 4.79 Å². The van der Waals surface area contributed by atoms with Crippen molar-refractivity contribution >= 4 is 24.5 Å². The Morgan fingerprint density at radius 1 is 1.07 bits per heavy atom. The number of allylic oxidation sites excluding steroid dienone is 4. The highest BCUT2D eigenvalue weighted by Crippen LogP contribution is 2.32. The van der Waals surface area contributed by atoms with E-state index in [4.69, 9.17) is 4.74 Å². The Morgan fingerprint density at radius 3 is 2.29 bits per heavy atom. The molecule has 2 aromatic carbocycles. The zero-order valence-corrected chi connectivity index (χ0v) is 24.0. The molecule has 6 nitrogen and oxygen atoms in total. The summed E-state index contributed by atoms with van der Waals surface area (Å²) in [4.78, 5) is 22.5. The molecule has 0 amide bonds. The maximum atomic E-state index is 12.6.